The Morgan fingerprint density at radius 3 is 2.64 bits per heavy atom. The van der Waals surface area contributed by atoms with Gasteiger partial charge in [-0.15, -0.1) is 0 Å². The van der Waals surface area contributed by atoms with Gasteiger partial charge >= 0.3 is 0 Å². The van der Waals surface area contributed by atoms with Crippen LogP contribution >= 0.6 is 11.6 Å². The number of nitrogens with zero attached hydrogens (tertiary/aromatic N) is 2. The third-order valence-corrected chi connectivity index (χ3v) is 4.02. The molecule has 4 nitrogen and oxygen atoms in total. The second-order valence-corrected chi connectivity index (χ2v) is 6.00. The largest absolute Gasteiger partial charge is 0.349 e. The molecule has 0 saturated heterocycles. The fourth-order valence-corrected chi connectivity index (χ4v) is 2.51. The molecule has 22 heavy (non-hydrogen) atoms. The Morgan fingerprint density at radius 1 is 1.14 bits per heavy atom. The highest BCUT2D eigenvalue weighted by atomic mass is 35.5. The van der Waals surface area contributed by atoms with Crippen LogP contribution in [0.3, 0.4) is 0 Å². The van der Waals surface area contributed by atoms with Crippen LogP contribution in [0.4, 0.5) is 0 Å². The number of hydrogen-bond acceptors (Lipinski definition) is 2. The number of carbonyl (C=O) groups is 1. The minimum atomic E-state index is -0.0221. The van der Waals surface area contributed by atoms with Crippen molar-refractivity contribution in [3.63, 3.8) is 0 Å². The lowest BCUT2D eigenvalue weighted by Crippen LogP contribution is -2.25. The van der Waals surface area contributed by atoms with Crippen molar-refractivity contribution in [2.75, 3.05) is 0 Å². The normalized spacial score (nSPS) is 14.2. The molecular weight excluding hydrogens is 298 g/mol. The van der Waals surface area contributed by atoms with E-state index in [0.29, 0.717) is 16.6 Å². The number of benzene rings is 1. The van der Waals surface area contributed by atoms with Crippen LogP contribution in [0.5, 0.6) is 0 Å². The van der Waals surface area contributed by atoms with Crippen molar-refractivity contribution in [1.29, 1.82) is 0 Å². The zero-order chi connectivity index (χ0) is 15.1. The Kier molecular flexibility index (Phi) is 3.12. The van der Waals surface area contributed by atoms with Gasteiger partial charge in [-0.1, -0.05) is 23.7 Å². The first kappa shape index (κ1) is 13.3. The molecule has 0 atom stereocenters. The van der Waals surface area contributed by atoms with Crippen molar-refractivity contribution in [3.05, 3.63) is 59.4 Å². The summed E-state index contributed by atoms with van der Waals surface area (Å²) >= 11 is 5.91. The third kappa shape index (κ3) is 2.57. The monoisotopic (exact) mass is 311 g/mol. The summed E-state index contributed by atoms with van der Waals surface area (Å²) in [5, 5.41) is 3.69. The van der Waals surface area contributed by atoms with Crippen molar-refractivity contribution in [1.82, 2.24) is 14.7 Å². The molecule has 110 valence electrons. The Hall–Kier alpha value is -2.33. The van der Waals surface area contributed by atoms with E-state index in [4.69, 9.17) is 11.6 Å². The molecule has 2 aromatic heterocycles. The number of hydrogen-bond donors (Lipinski definition) is 1. The lowest BCUT2D eigenvalue weighted by Gasteiger charge is -2.03. The number of carbonyl (C=O) groups excluding carboxylic acids is 1. The fourth-order valence-electron chi connectivity index (χ4n) is 2.38. The van der Waals surface area contributed by atoms with Crippen molar-refractivity contribution >= 4 is 23.2 Å². The minimum absolute atomic E-state index is 0.0221. The fraction of sp³-hybridized carbons (Fsp3) is 0.176. The minimum Gasteiger partial charge on any atom is -0.349 e. The number of nitrogens with one attached hydrogen (secondary N) is 1. The molecule has 4 rings (SSSR count). The summed E-state index contributed by atoms with van der Waals surface area (Å²) in [5.41, 5.74) is 3.32. The molecule has 1 fully saturated rings. The van der Waals surface area contributed by atoms with E-state index < -0.39 is 0 Å². The zero-order valence-corrected chi connectivity index (χ0v) is 12.5. The molecule has 1 amide bonds. The average molecular weight is 312 g/mol. The number of fused-ring (bicyclic) bond motifs is 1. The van der Waals surface area contributed by atoms with E-state index in [1.54, 1.807) is 0 Å². The van der Waals surface area contributed by atoms with Crippen molar-refractivity contribution in [2.45, 2.75) is 18.9 Å². The van der Waals surface area contributed by atoms with Gasteiger partial charge < -0.3 is 9.72 Å². The van der Waals surface area contributed by atoms with Crippen LogP contribution in [0.2, 0.25) is 5.02 Å². The van der Waals surface area contributed by atoms with Gasteiger partial charge in [-0.05, 0) is 37.1 Å². The zero-order valence-electron chi connectivity index (χ0n) is 11.8. The number of imidazole rings is 1. The molecule has 3 aromatic rings. The van der Waals surface area contributed by atoms with Gasteiger partial charge in [-0.25, -0.2) is 4.98 Å². The van der Waals surface area contributed by atoms with Gasteiger partial charge in [-0.3, -0.25) is 4.79 Å². The SMILES string of the molecule is O=C(NC1CC1)c1ccc2nc(-c3ccc(Cl)cc3)cn2c1. The highest BCUT2D eigenvalue weighted by Crippen LogP contribution is 2.22. The third-order valence-electron chi connectivity index (χ3n) is 3.77. The molecule has 1 aromatic carbocycles. The van der Waals surface area contributed by atoms with E-state index in [9.17, 15) is 4.79 Å². The van der Waals surface area contributed by atoms with E-state index in [1.807, 2.05) is 53.2 Å². The molecule has 1 aliphatic carbocycles. The van der Waals surface area contributed by atoms with Gasteiger partial charge in [-0.2, -0.15) is 0 Å². The van der Waals surface area contributed by atoms with Gasteiger partial charge in [0, 0.05) is 29.0 Å². The maximum absolute atomic E-state index is 12.1. The van der Waals surface area contributed by atoms with E-state index in [1.165, 1.54) is 0 Å². The average Bonchev–Trinajstić information content (AvgIpc) is 3.23. The molecule has 0 aliphatic heterocycles. The molecule has 1 saturated carbocycles. The summed E-state index contributed by atoms with van der Waals surface area (Å²) in [5.74, 6) is -0.0221. The van der Waals surface area contributed by atoms with Gasteiger partial charge in [0.15, 0.2) is 0 Å². The Morgan fingerprint density at radius 2 is 1.91 bits per heavy atom. The van der Waals surface area contributed by atoms with Crippen LogP contribution in [-0.2, 0) is 0 Å². The molecule has 1 aliphatic rings. The van der Waals surface area contributed by atoms with E-state index >= 15 is 0 Å². The highest BCUT2D eigenvalue weighted by molar-refractivity contribution is 6.30. The van der Waals surface area contributed by atoms with Crippen LogP contribution < -0.4 is 5.32 Å². The quantitative estimate of drug-likeness (QED) is 0.804. The maximum atomic E-state index is 12.1. The predicted octanol–water partition coefficient (Wildman–Crippen LogP) is 3.55. The lowest BCUT2D eigenvalue weighted by molar-refractivity contribution is 0.0950. The van der Waals surface area contributed by atoms with Gasteiger partial charge in [0.2, 0.25) is 0 Å². The van der Waals surface area contributed by atoms with Crippen LogP contribution in [0.25, 0.3) is 16.9 Å². The predicted molar refractivity (Wildman–Crippen MR) is 86.1 cm³/mol. The van der Waals surface area contributed by atoms with Gasteiger partial charge in [0.1, 0.15) is 5.65 Å². The smallest absolute Gasteiger partial charge is 0.252 e. The topological polar surface area (TPSA) is 46.4 Å². The van der Waals surface area contributed by atoms with E-state index in [2.05, 4.69) is 10.3 Å². The second-order valence-electron chi connectivity index (χ2n) is 5.56. The standard InChI is InChI=1S/C17H14ClN3O/c18-13-4-1-11(2-5-13)15-10-21-9-12(3-8-16(21)20-15)17(22)19-14-6-7-14/h1-5,8-10,14H,6-7H2,(H,19,22). The lowest BCUT2D eigenvalue weighted by atomic mass is 10.2. The van der Waals surface area contributed by atoms with Crippen LogP contribution in [-0.4, -0.2) is 21.3 Å². The van der Waals surface area contributed by atoms with E-state index in [0.717, 1.165) is 29.7 Å². The summed E-state index contributed by atoms with van der Waals surface area (Å²) in [6.07, 6.45) is 5.91. The van der Waals surface area contributed by atoms with Crippen LogP contribution in [0, 0.1) is 0 Å². The molecule has 5 heteroatoms. The summed E-state index contributed by atoms with van der Waals surface area (Å²) in [4.78, 5) is 16.7. The molecule has 0 spiro atoms. The number of rotatable bonds is 3. The molecule has 0 unspecified atom stereocenters. The Bertz CT molecular complexity index is 850. The number of pyridine rings is 1. The Balaban J connectivity index is 1.68. The molecule has 1 N–H and O–H groups in total. The van der Waals surface area contributed by atoms with Crippen molar-refractivity contribution < 1.29 is 4.79 Å². The summed E-state index contributed by atoms with van der Waals surface area (Å²) in [6, 6.07) is 11.6. The van der Waals surface area contributed by atoms with Crippen LogP contribution in [0.1, 0.15) is 23.2 Å². The highest BCUT2D eigenvalue weighted by Gasteiger charge is 2.23. The van der Waals surface area contributed by atoms with Crippen molar-refractivity contribution in [3.8, 4) is 11.3 Å². The summed E-state index contributed by atoms with van der Waals surface area (Å²) < 4.78 is 1.88. The molecule has 0 bridgehead atoms. The van der Waals surface area contributed by atoms with E-state index in [-0.39, 0.29) is 5.91 Å². The number of aromatic nitrogens is 2. The van der Waals surface area contributed by atoms with Crippen molar-refractivity contribution in [2.24, 2.45) is 0 Å². The molecule has 0 radical (unpaired) electrons. The Labute approximate surface area is 132 Å². The number of amides is 1. The second kappa shape index (κ2) is 5.14. The molecular formula is C17H14ClN3O. The van der Waals surface area contributed by atoms with Crippen LogP contribution in [0.15, 0.2) is 48.8 Å². The summed E-state index contributed by atoms with van der Waals surface area (Å²) in [6.45, 7) is 0. The molecule has 2 heterocycles. The van der Waals surface area contributed by atoms with Gasteiger partial charge in [0.05, 0.1) is 11.3 Å². The maximum Gasteiger partial charge on any atom is 0.252 e. The first-order chi connectivity index (χ1) is 10.7. The first-order valence-electron chi connectivity index (χ1n) is 7.24. The summed E-state index contributed by atoms with van der Waals surface area (Å²) in [7, 11) is 0. The first-order valence-corrected chi connectivity index (χ1v) is 7.62. The number of halogens is 1. The van der Waals surface area contributed by atoms with Gasteiger partial charge in [0.25, 0.3) is 5.91 Å².